The summed E-state index contributed by atoms with van der Waals surface area (Å²) in [5.74, 6) is -0.353. The monoisotopic (exact) mass is 395 g/mol. The fourth-order valence-corrected chi connectivity index (χ4v) is 3.43. The molecule has 1 heterocycles. The van der Waals surface area contributed by atoms with Gasteiger partial charge in [-0.3, -0.25) is 4.90 Å². The number of anilines is 1. The molecule has 0 saturated carbocycles. The Morgan fingerprint density at radius 2 is 1.66 bits per heavy atom. The summed E-state index contributed by atoms with van der Waals surface area (Å²) in [5.41, 5.74) is 2.53. The predicted octanol–water partition coefficient (Wildman–Crippen LogP) is 3.65. The highest BCUT2D eigenvalue weighted by atomic mass is 16.5. The Bertz CT molecular complexity index is 785. The predicted molar refractivity (Wildman–Crippen MR) is 114 cm³/mol. The first kappa shape index (κ1) is 20.9. The number of ether oxygens (including phenoxy) is 1. The van der Waals surface area contributed by atoms with Crippen LogP contribution in [0.2, 0.25) is 0 Å². The van der Waals surface area contributed by atoms with E-state index in [0.717, 1.165) is 45.6 Å². The first-order chi connectivity index (χ1) is 14.2. The van der Waals surface area contributed by atoms with Gasteiger partial charge in [0.1, 0.15) is 0 Å². The van der Waals surface area contributed by atoms with E-state index < -0.39 is 0 Å². The highest BCUT2D eigenvalue weighted by Crippen LogP contribution is 2.13. The van der Waals surface area contributed by atoms with Crippen LogP contribution in [0.1, 0.15) is 29.3 Å². The van der Waals surface area contributed by atoms with Crippen molar-refractivity contribution in [1.29, 1.82) is 0 Å². The van der Waals surface area contributed by atoms with Gasteiger partial charge in [-0.2, -0.15) is 0 Å². The van der Waals surface area contributed by atoms with Crippen LogP contribution < -0.4 is 5.32 Å². The van der Waals surface area contributed by atoms with E-state index in [9.17, 15) is 9.59 Å². The lowest BCUT2D eigenvalue weighted by Crippen LogP contribution is -2.50. The summed E-state index contributed by atoms with van der Waals surface area (Å²) in [6.07, 6.45) is 2.21. The zero-order valence-electron chi connectivity index (χ0n) is 17.0. The number of rotatable bonds is 7. The van der Waals surface area contributed by atoms with Gasteiger partial charge in [0.05, 0.1) is 12.2 Å². The number of aryl methyl sites for hydroxylation is 1. The molecule has 6 nitrogen and oxygen atoms in total. The van der Waals surface area contributed by atoms with Crippen LogP contribution in [0.5, 0.6) is 0 Å². The van der Waals surface area contributed by atoms with E-state index in [4.69, 9.17) is 4.74 Å². The van der Waals surface area contributed by atoms with E-state index in [1.165, 1.54) is 5.56 Å². The van der Waals surface area contributed by atoms with E-state index in [2.05, 4.69) is 34.5 Å². The smallest absolute Gasteiger partial charge is 0.338 e. The Labute approximate surface area is 172 Å². The van der Waals surface area contributed by atoms with E-state index in [-0.39, 0.29) is 12.0 Å². The Balaban J connectivity index is 1.39. The zero-order chi connectivity index (χ0) is 20.5. The first-order valence-corrected chi connectivity index (χ1v) is 10.2. The van der Waals surface area contributed by atoms with Crippen molar-refractivity contribution in [2.75, 3.05) is 44.6 Å². The summed E-state index contributed by atoms with van der Waals surface area (Å²) in [6.45, 7) is 6.40. The van der Waals surface area contributed by atoms with Gasteiger partial charge >= 0.3 is 12.0 Å². The third-order valence-corrected chi connectivity index (χ3v) is 5.09. The van der Waals surface area contributed by atoms with Gasteiger partial charge in [0.25, 0.3) is 0 Å². The van der Waals surface area contributed by atoms with Gasteiger partial charge in [-0.1, -0.05) is 30.3 Å². The van der Waals surface area contributed by atoms with Gasteiger partial charge < -0.3 is 15.0 Å². The van der Waals surface area contributed by atoms with Gasteiger partial charge in [0, 0.05) is 31.9 Å². The van der Waals surface area contributed by atoms with E-state index in [1.807, 2.05) is 11.0 Å². The molecular weight excluding hydrogens is 366 g/mol. The van der Waals surface area contributed by atoms with Crippen LogP contribution in [0.15, 0.2) is 54.6 Å². The molecule has 1 aliphatic heterocycles. The maximum absolute atomic E-state index is 12.5. The average Bonchev–Trinajstić information content (AvgIpc) is 2.75. The maximum Gasteiger partial charge on any atom is 0.338 e. The second-order valence-corrected chi connectivity index (χ2v) is 7.15. The van der Waals surface area contributed by atoms with Gasteiger partial charge in [0.2, 0.25) is 0 Å². The van der Waals surface area contributed by atoms with Crippen molar-refractivity contribution in [3.8, 4) is 0 Å². The number of urea groups is 1. The van der Waals surface area contributed by atoms with Crippen LogP contribution in [-0.4, -0.2) is 61.1 Å². The molecule has 0 spiro atoms. The van der Waals surface area contributed by atoms with E-state index in [1.54, 1.807) is 31.2 Å². The standard InChI is InChI=1S/C23H29N3O3/c1-2-29-22(27)20-10-12-21(13-11-20)24-23(28)26-17-15-25(16-18-26)14-6-9-19-7-4-3-5-8-19/h3-5,7-8,10-13H,2,6,9,14-18H2,1H3,(H,24,28). The van der Waals surface area contributed by atoms with Crippen molar-refractivity contribution < 1.29 is 14.3 Å². The second-order valence-electron chi connectivity index (χ2n) is 7.15. The molecular formula is C23H29N3O3. The van der Waals surface area contributed by atoms with Crippen molar-refractivity contribution in [3.63, 3.8) is 0 Å². The highest BCUT2D eigenvalue weighted by Gasteiger charge is 2.21. The minimum atomic E-state index is -0.353. The molecule has 1 N–H and O–H groups in total. The fraction of sp³-hybridized carbons (Fsp3) is 0.391. The molecule has 0 aliphatic carbocycles. The molecule has 1 saturated heterocycles. The first-order valence-electron chi connectivity index (χ1n) is 10.2. The number of hydrogen-bond donors (Lipinski definition) is 1. The van der Waals surface area contributed by atoms with Crippen LogP contribution in [-0.2, 0) is 11.2 Å². The summed E-state index contributed by atoms with van der Waals surface area (Å²) in [6, 6.07) is 17.2. The number of hydrogen-bond acceptors (Lipinski definition) is 4. The number of carbonyl (C=O) groups is 2. The SMILES string of the molecule is CCOC(=O)c1ccc(NC(=O)N2CCN(CCCc3ccccc3)CC2)cc1. The molecule has 2 amide bonds. The molecule has 1 fully saturated rings. The van der Waals surface area contributed by atoms with Crippen LogP contribution in [0.25, 0.3) is 0 Å². The maximum atomic E-state index is 12.5. The Kier molecular flexibility index (Phi) is 7.64. The van der Waals surface area contributed by atoms with Crippen LogP contribution >= 0.6 is 0 Å². The van der Waals surface area contributed by atoms with Gasteiger partial charge in [-0.15, -0.1) is 0 Å². The van der Waals surface area contributed by atoms with Crippen molar-refractivity contribution in [1.82, 2.24) is 9.80 Å². The number of nitrogens with one attached hydrogen (secondary N) is 1. The van der Waals surface area contributed by atoms with Crippen molar-refractivity contribution in [2.24, 2.45) is 0 Å². The van der Waals surface area contributed by atoms with Gasteiger partial charge in [-0.25, -0.2) is 9.59 Å². The van der Waals surface area contributed by atoms with E-state index in [0.29, 0.717) is 17.9 Å². The normalized spacial score (nSPS) is 14.4. The third kappa shape index (κ3) is 6.32. The minimum absolute atomic E-state index is 0.0992. The Morgan fingerprint density at radius 1 is 0.966 bits per heavy atom. The van der Waals surface area contributed by atoms with Gasteiger partial charge in [-0.05, 0) is 56.1 Å². The lowest BCUT2D eigenvalue weighted by atomic mass is 10.1. The lowest BCUT2D eigenvalue weighted by molar-refractivity contribution is 0.0526. The molecule has 29 heavy (non-hydrogen) atoms. The quantitative estimate of drug-likeness (QED) is 0.727. The molecule has 2 aromatic rings. The topological polar surface area (TPSA) is 61.9 Å². The lowest BCUT2D eigenvalue weighted by Gasteiger charge is -2.34. The zero-order valence-corrected chi connectivity index (χ0v) is 17.0. The summed E-state index contributed by atoms with van der Waals surface area (Å²) in [5, 5.41) is 2.91. The number of benzene rings is 2. The molecule has 154 valence electrons. The van der Waals surface area contributed by atoms with Gasteiger partial charge in [0.15, 0.2) is 0 Å². The van der Waals surface area contributed by atoms with E-state index >= 15 is 0 Å². The van der Waals surface area contributed by atoms with Crippen molar-refractivity contribution in [2.45, 2.75) is 19.8 Å². The summed E-state index contributed by atoms with van der Waals surface area (Å²) < 4.78 is 4.97. The minimum Gasteiger partial charge on any atom is -0.462 e. The molecule has 1 aliphatic rings. The second kappa shape index (κ2) is 10.6. The van der Waals surface area contributed by atoms with Crippen LogP contribution in [0.4, 0.5) is 10.5 Å². The number of nitrogens with zero attached hydrogens (tertiary/aromatic N) is 2. The van der Waals surface area contributed by atoms with Crippen LogP contribution in [0, 0.1) is 0 Å². The Hall–Kier alpha value is -2.86. The molecule has 0 aromatic heterocycles. The van der Waals surface area contributed by atoms with Crippen molar-refractivity contribution >= 4 is 17.7 Å². The average molecular weight is 396 g/mol. The van der Waals surface area contributed by atoms with Crippen molar-refractivity contribution in [3.05, 3.63) is 65.7 Å². The molecule has 0 atom stereocenters. The highest BCUT2D eigenvalue weighted by molar-refractivity contribution is 5.92. The number of piperazine rings is 1. The Morgan fingerprint density at radius 3 is 2.31 bits per heavy atom. The summed E-state index contributed by atoms with van der Waals surface area (Å²) in [7, 11) is 0. The summed E-state index contributed by atoms with van der Waals surface area (Å²) in [4.78, 5) is 28.4. The number of carbonyl (C=O) groups excluding carboxylic acids is 2. The molecule has 2 aromatic carbocycles. The molecule has 0 radical (unpaired) electrons. The largest absolute Gasteiger partial charge is 0.462 e. The molecule has 6 heteroatoms. The molecule has 3 rings (SSSR count). The molecule has 0 bridgehead atoms. The number of esters is 1. The third-order valence-electron chi connectivity index (χ3n) is 5.09. The van der Waals surface area contributed by atoms with Crippen LogP contribution in [0.3, 0.4) is 0 Å². The fourth-order valence-electron chi connectivity index (χ4n) is 3.43. The number of amides is 2. The summed E-state index contributed by atoms with van der Waals surface area (Å²) >= 11 is 0. The molecule has 0 unspecified atom stereocenters.